The van der Waals surface area contributed by atoms with Crippen LogP contribution in [-0.4, -0.2) is 34.4 Å². The molecule has 1 aromatic heterocycles. The fourth-order valence-electron chi connectivity index (χ4n) is 3.43. The lowest BCUT2D eigenvalue weighted by molar-refractivity contribution is -0.116. The summed E-state index contributed by atoms with van der Waals surface area (Å²) in [5.74, 6) is 2.13. The molecule has 1 unspecified atom stereocenters. The molecule has 3 rings (SSSR count). The Morgan fingerprint density at radius 2 is 1.90 bits per heavy atom. The lowest BCUT2D eigenvalue weighted by Gasteiger charge is -2.28. The summed E-state index contributed by atoms with van der Waals surface area (Å²) in [6, 6.07) is 5.58. The number of anilines is 1. The van der Waals surface area contributed by atoms with Crippen molar-refractivity contribution in [3.8, 4) is 11.5 Å². The Morgan fingerprint density at radius 3 is 2.59 bits per heavy atom. The predicted octanol–water partition coefficient (Wildman–Crippen LogP) is 3.55. The second-order valence-corrected chi connectivity index (χ2v) is 7.81. The van der Waals surface area contributed by atoms with Crippen LogP contribution in [0.4, 0.5) is 5.82 Å². The van der Waals surface area contributed by atoms with E-state index in [1.54, 1.807) is 4.57 Å². The second-order valence-electron chi connectivity index (χ2n) is 6.75. The fraction of sp³-hybridized carbons (Fsp3) is 0.476. The van der Waals surface area contributed by atoms with E-state index < -0.39 is 0 Å². The highest BCUT2D eigenvalue weighted by molar-refractivity contribution is 7.99. The molecule has 0 fully saturated rings. The normalized spacial score (nSPS) is 15.6. The highest BCUT2D eigenvalue weighted by Crippen LogP contribution is 2.39. The van der Waals surface area contributed by atoms with Crippen molar-refractivity contribution >= 4 is 23.5 Å². The van der Waals surface area contributed by atoms with Crippen molar-refractivity contribution in [1.29, 1.82) is 0 Å². The van der Waals surface area contributed by atoms with Gasteiger partial charge in [-0.05, 0) is 38.0 Å². The lowest BCUT2D eigenvalue weighted by atomic mass is 9.86. The Kier molecular flexibility index (Phi) is 6.84. The SMILES string of the molecule is CCCSc1nc(=O)c2c(n1C)NC(=O)CC2c1ccc(OCC)c(OCC)c1. The van der Waals surface area contributed by atoms with Crippen LogP contribution in [0, 0.1) is 0 Å². The first-order valence-electron chi connectivity index (χ1n) is 9.93. The van der Waals surface area contributed by atoms with Gasteiger partial charge in [-0.15, -0.1) is 0 Å². The molecule has 1 atom stereocenters. The third-order valence-electron chi connectivity index (χ3n) is 4.71. The summed E-state index contributed by atoms with van der Waals surface area (Å²) >= 11 is 1.51. The molecule has 8 heteroatoms. The second kappa shape index (κ2) is 9.35. The first kappa shape index (κ1) is 21.2. The van der Waals surface area contributed by atoms with Gasteiger partial charge >= 0.3 is 0 Å². The Balaban J connectivity index is 2.09. The molecule has 1 N–H and O–H groups in total. The number of thioether (sulfide) groups is 1. The van der Waals surface area contributed by atoms with E-state index in [0.717, 1.165) is 17.7 Å². The molecule has 0 aliphatic carbocycles. The smallest absolute Gasteiger partial charge is 0.279 e. The molecule has 0 bridgehead atoms. The van der Waals surface area contributed by atoms with E-state index in [1.165, 1.54) is 11.8 Å². The van der Waals surface area contributed by atoms with Crippen molar-refractivity contribution in [3.05, 3.63) is 39.7 Å². The number of carbonyl (C=O) groups is 1. The zero-order valence-corrected chi connectivity index (χ0v) is 18.1. The number of carbonyl (C=O) groups excluding carboxylic acids is 1. The number of hydrogen-bond acceptors (Lipinski definition) is 6. The first-order valence-corrected chi connectivity index (χ1v) is 10.9. The monoisotopic (exact) mass is 417 g/mol. The van der Waals surface area contributed by atoms with Crippen molar-refractivity contribution in [3.63, 3.8) is 0 Å². The zero-order valence-electron chi connectivity index (χ0n) is 17.3. The summed E-state index contributed by atoms with van der Waals surface area (Å²) in [6.07, 6.45) is 1.16. The molecule has 7 nitrogen and oxygen atoms in total. The van der Waals surface area contributed by atoms with Gasteiger partial charge in [0.25, 0.3) is 5.56 Å². The van der Waals surface area contributed by atoms with E-state index in [0.29, 0.717) is 41.3 Å². The average Bonchev–Trinajstić information content (AvgIpc) is 2.70. The molecule has 1 amide bonds. The number of fused-ring (bicyclic) bond motifs is 1. The fourth-order valence-corrected chi connectivity index (χ4v) is 4.25. The van der Waals surface area contributed by atoms with E-state index in [1.807, 2.05) is 39.1 Å². The van der Waals surface area contributed by atoms with Crippen LogP contribution in [0.3, 0.4) is 0 Å². The van der Waals surface area contributed by atoms with Gasteiger partial charge in [-0.2, -0.15) is 4.98 Å². The summed E-state index contributed by atoms with van der Waals surface area (Å²) in [4.78, 5) is 29.7. The van der Waals surface area contributed by atoms with Gasteiger partial charge in [0.1, 0.15) is 5.82 Å². The molecule has 1 aliphatic rings. The number of amides is 1. The lowest BCUT2D eigenvalue weighted by Crippen LogP contribution is -2.33. The number of aromatic nitrogens is 2. The maximum absolute atomic E-state index is 12.9. The van der Waals surface area contributed by atoms with E-state index in [-0.39, 0.29) is 23.8 Å². The topological polar surface area (TPSA) is 82.5 Å². The summed E-state index contributed by atoms with van der Waals surface area (Å²) in [6.45, 7) is 6.91. The number of hydrogen-bond donors (Lipinski definition) is 1. The van der Waals surface area contributed by atoms with E-state index in [9.17, 15) is 9.59 Å². The van der Waals surface area contributed by atoms with Crippen LogP contribution in [0.5, 0.6) is 11.5 Å². The zero-order chi connectivity index (χ0) is 21.0. The Bertz CT molecular complexity index is 958. The maximum atomic E-state index is 12.9. The minimum atomic E-state index is -0.384. The van der Waals surface area contributed by atoms with Crippen molar-refractivity contribution in [2.45, 2.75) is 44.7 Å². The van der Waals surface area contributed by atoms with Crippen LogP contribution in [0.1, 0.15) is 50.7 Å². The van der Waals surface area contributed by atoms with Crippen molar-refractivity contribution in [1.82, 2.24) is 9.55 Å². The van der Waals surface area contributed by atoms with Crippen LogP contribution in [0.15, 0.2) is 28.2 Å². The van der Waals surface area contributed by atoms with E-state index >= 15 is 0 Å². The molecular formula is C21H27N3O4S. The molecule has 0 spiro atoms. The standard InChI is InChI=1S/C21H27N3O4S/c1-5-10-29-21-23-20(26)18-14(12-17(25)22-19(18)24(21)4)13-8-9-15(27-6-2)16(11-13)28-7-3/h8-9,11,14H,5-7,10,12H2,1-4H3,(H,22,25). The highest BCUT2D eigenvalue weighted by Gasteiger charge is 2.32. The Labute approximate surface area is 174 Å². The maximum Gasteiger partial charge on any atom is 0.279 e. The first-order chi connectivity index (χ1) is 14.0. The van der Waals surface area contributed by atoms with Gasteiger partial charge in [-0.3, -0.25) is 9.59 Å². The number of benzene rings is 1. The highest BCUT2D eigenvalue weighted by atomic mass is 32.2. The summed E-state index contributed by atoms with van der Waals surface area (Å²) in [5.41, 5.74) is 1.05. The molecule has 2 heterocycles. The van der Waals surface area contributed by atoms with Gasteiger partial charge in [0.15, 0.2) is 16.7 Å². The minimum absolute atomic E-state index is 0.123. The van der Waals surface area contributed by atoms with Gasteiger partial charge in [0.05, 0.1) is 18.8 Å². The predicted molar refractivity (Wildman–Crippen MR) is 114 cm³/mol. The minimum Gasteiger partial charge on any atom is -0.490 e. The van der Waals surface area contributed by atoms with Gasteiger partial charge < -0.3 is 19.4 Å². The Morgan fingerprint density at radius 1 is 1.17 bits per heavy atom. The third-order valence-corrected chi connectivity index (χ3v) is 5.94. The summed E-state index contributed by atoms with van der Waals surface area (Å²) < 4.78 is 13.2. The summed E-state index contributed by atoms with van der Waals surface area (Å²) in [7, 11) is 1.83. The largest absolute Gasteiger partial charge is 0.490 e. The van der Waals surface area contributed by atoms with Crippen LogP contribution in [0.25, 0.3) is 0 Å². The van der Waals surface area contributed by atoms with Crippen molar-refractivity contribution < 1.29 is 14.3 Å². The third kappa shape index (κ3) is 4.42. The molecule has 0 radical (unpaired) electrons. The molecule has 1 aromatic carbocycles. The summed E-state index contributed by atoms with van der Waals surface area (Å²) in [5, 5.41) is 3.48. The Hall–Kier alpha value is -2.48. The van der Waals surface area contributed by atoms with Gasteiger partial charge in [0.2, 0.25) is 5.91 Å². The van der Waals surface area contributed by atoms with Crippen molar-refractivity contribution in [2.75, 3.05) is 24.3 Å². The number of nitrogens with one attached hydrogen (secondary N) is 1. The van der Waals surface area contributed by atoms with Gasteiger partial charge in [-0.25, -0.2) is 0 Å². The number of rotatable bonds is 8. The van der Waals surface area contributed by atoms with Gasteiger partial charge in [-0.1, -0.05) is 24.8 Å². The van der Waals surface area contributed by atoms with E-state index in [4.69, 9.17) is 9.47 Å². The molecule has 156 valence electrons. The van der Waals surface area contributed by atoms with Crippen LogP contribution >= 0.6 is 11.8 Å². The number of ether oxygens (including phenoxy) is 2. The average molecular weight is 418 g/mol. The number of nitrogens with zero attached hydrogens (tertiary/aromatic N) is 2. The van der Waals surface area contributed by atoms with Gasteiger partial charge in [0, 0.05) is 25.1 Å². The van der Waals surface area contributed by atoms with Crippen LogP contribution in [-0.2, 0) is 11.8 Å². The van der Waals surface area contributed by atoms with Crippen molar-refractivity contribution in [2.24, 2.45) is 7.05 Å². The molecule has 29 heavy (non-hydrogen) atoms. The molecule has 0 saturated heterocycles. The molecule has 2 aromatic rings. The molecular weight excluding hydrogens is 390 g/mol. The van der Waals surface area contributed by atoms with Crippen LogP contribution < -0.4 is 20.3 Å². The molecule has 1 aliphatic heterocycles. The molecule has 0 saturated carbocycles. The van der Waals surface area contributed by atoms with E-state index in [2.05, 4.69) is 17.2 Å². The van der Waals surface area contributed by atoms with Crippen LogP contribution in [0.2, 0.25) is 0 Å². The quantitative estimate of drug-likeness (QED) is 0.522.